The summed E-state index contributed by atoms with van der Waals surface area (Å²) in [5, 5.41) is 11.0. The number of nitrogens with one attached hydrogen (secondary N) is 1. The van der Waals surface area contributed by atoms with E-state index in [0.29, 0.717) is 11.0 Å². The highest BCUT2D eigenvalue weighted by Crippen LogP contribution is 2.19. The molecule has 8 heteroatoms. The van der Waals surface area contributed by atoms with Gasteiger partial charge >= 0.3 is 5.13 Å². The molecule has 1 aliphatic heterocycles. The molecule has 2 atom stereocenters. The largest absolute Gasteiger partial charge is 0.448 e. The number of nitrogens with zero attached hydrogens (tertiary/aromatic N) is 3. The Hall–Kier alpha value is -1.77. The quantitative estimate of drug-likeness (QED) is 0.504. The minimum absolute atomic E-state index is 0.110. The van der Waals surface area contributed by atoms with E-state index in [2.05, 4.69) is 34.8 Å². The van der Waals surface area contributed by atoms with Crippen molar-refractivity contribution in [3.8, 4) is 0 Å². The van der Waals surface area contributed by atoms with Crippen molar-refractivity contribution in [2.45, 2.75) is 19.4 Å². The number of azo groups is 1. The van der Waals surface area contributed by atoms with Crippen LogP contribution in [0.3, 0.4) is 0 Å². The van der Waals surface area contributed by atoms with Crippen LogP contribution in [0.4, 0.5) is 5.13 Å². The van der Waals surface area contributed by atoms with E-state index in [4.69, 9.17) is 4.94 Å². The summed E-state index contributed by atoms with van der Waals surface area (Å²) in [6, 6.07) is -0.267. The van der Waals surface area contributed by atoms with E-state index in [0.717, 1.165) is 17.9 Å². The Morgan fingerprint density at radius 3 is 3.13 bits per heavy atom. The first-order valence-electron chi connectivity index (χ1n) is 7.29. The predicted molar refractivity (Wildman–Crippen MR) is 90.1 cm³/mol. The Morgan fingerprint density at radius 1 is 1.39 bits per heavy atom. The third-order valence-corrected chi connectivity index (χ3v) is 5.03. The fourth-order valence-electron chi connectivity index (χ4n) is 1.99. The molecule has 2 heterocycles. The monoisotopic (exact) mass is 349 g/mol. The standard InChI is InChI=1S/C15H17N4O2S2/c1-11-3-2-4-12(6-5-11)16-17-15-19(8-10-23-15)21-18-13-7-9-22-14(13)20/h2-6,8,10-11,13,18H,7,9H2,1H3/q+1. The molecular formula is C15H17N4O2S2+. The van der Waals surface area contributed by atoms with E-state index in [1.165, 1.54) is 27.8 Å². The Labute approximate surface area is 142 Å². The molecule has 1 aromatic heterocycles. The van der Waals surface area contributed by atoms with Crippen LogP contribution in [0.25, 0.3) is 0 Å². The average molecular weight is 349 g/mol. The summed E-state index contributed by atoms with van der Waals surface area (Å²) in [4.78, 5) is 17.0. The van der Waals surface area contributed by atoms with Crippen molar-refractivity contribution in [3.63, 3.8) is 0 Å². The van der Waals surface area contributed by atoms with Crippen molar-refractivity contribution >= 4 is 33.3 Å². The van der Waals surface area contributed by atoms with E-state index >= 15 is 0 Å². The molecule has 0 spiro atoms. The van der Waals surface area contributed by atoms with E-state index < -0.39 is 0 Å². The van der Waals surface area contributed by atoms with Crippen LogP contribution in [0.15, 0.2) is 57.9 Å². The minimum atomic E-state index is -0.267. The van der Waals surface area contributed by atoms with E-state index in [1.807, 2.05) is 23.6 Å². The lowest BCUT2D eigenvalue weighted by molar-refractivity contribution is -0.892. The van der Waals surface area contributed by atoms with Gasteiger partial charge in [-0.3, -0.25) is 4.79 Å². The topological polar surface area (TPSA) is 66.9 Å². The lowest BCUT2D eigenvalue weighted by Crippen LogP contribution is -2.52. The highest BCUT2D eigenvalue weighted by molar-refractivity contribution is 8.14. The molecule has 0 bridgehead atoms. The third-order valence-electron chi connectivity index (χ3n) is 3.29. The van der Waals surface area contributed by atoms with Gasteiger partial charge < -0.3 is 0 Å². The predicted octanol–water partition coefficient (Wildman–Crippen LogP) is 2.73. The van der Waals surface area contributed by atoms with Gasteiger partial charge in [-0.25, -0.2) is 4.94 Å². The molecule has 6 nitrogen and oxygen atoms in total. The summed E-state index contributed by atoms with van der Waals surface area (Å²) < 4.78 is 1.48. The molecular weight excluding hydrogens is 332 g/mol. The highest BCUT2D eigenvalue weighted by Gasteiger charge is 2.27. The van der Waals surface area contributed by atoms with Gasteiger partial charge in [0.25, 0.3) is 0 Å². The zero-order valence-electron chi connectivity index (χ0n) is 12.6. The maximum Gasteiger partial charge on any atom is 0.448 e. The van der Waals surface area contributed by atoms with Gasteiger partial charge in [-0.15, -0.1) is 0 Å². The van der Waals surface area contributed by atoms with Crippen molar-refractivity contribution in [2.24, 2.45) is 16.1 Å². The molecule has 0 aromatic carbocycles. The second-order valence-electron chi connectivity index (χ2n) is 5.12. The van der Waals surface area contributed by atoms with Crippen LogP contribution in [0.5, 0.6) is 0 Å². The van der Waals surface area contributed by atoms with Gasteiger partial charge in [0.05, 0.1) is 5.11 Å². The molecule has 1 aliphatic carbocycles. The summed E-state index contributed by atoms with van der Waals surface area (Å²) in [6.07, 6.45) is 12.5. The maximum absolute atomic E-state index is 11.6. The molecule has 1 saturated heterocycles. The maximum atomic E-state index is 11.6. The van der Waals surface area contributed by atoms with E-state index in [1.54, 1.807) is 6.20 Å². The van der Waals surface area contributed by atoms with Crippen LogP contribution in [0.1, 0.15) is 13.3 Å². The van der Waals surface area contributed by atoms with Gasteiger partial charge in [-0.1, -0.05) is 42.4 Å². The molecule has 0 amide bonds. The lowest BCUT2D eigenvalue weighted by Gasteiger charge is -2.06. The van der Waals surface area contributed by atoms with Gasteiger partial charge in [0.2, 0.25) is 5.12 Å². The summed E-state index contributed by atoms with van der Waals surface area (Å²) in [5.74, 6) is 1.22. The van der Waals surface area contributed by atoms with Gasteiger partial charge in [0, 0.05) is 11.1 Å². The fraction of sp³-hybridized carbons (Fsp3) is 0.333. The number of aromatic nitrogens is 1. The Morgan fingerprint density at radius 2 is 2.30 bits per heavy atom. The van der Waals surface area contributed by atoms with Crippen LogP contribution in [0, 0.1) is 5.92 Å². The van der Waals surface area contributed by atoms with Crippen LogP contribution in [-0.4, -0.2) is 16.9 Å². The van der Waals surface area contributed by atoms with Crippen molar-refractivity contribution in [3.05, 3.63) is 47.7 Å². The Bertz CT molecular complexity index is 693. The number of allylic oxidation sites excluding steroid dienone is 5. The Balaban J connectivity index is 1.63. The third kappa shape index (κ3) is 4.37. The first kappa shape index (κ1) is 16.1. The molecule has 1 aromatic rings. The average Bonchev–Trinajstić information content (AvgIpc) is 3.10. The van der Waals surface area contributed by atoms with Crippen molar-refractivity contribution < 1.29 is 14.5 Å². The van der Waals surface area contributed by atoms with Crippen LogP contribution in [0.2, 0.25) is 0 Å². The second kappa shape index (κ2) is 7.67. The molecule has 120 valence electrons. The highest BCUT2D eigenvalue weighted by atomic mass is 32.2. The molecule has 23 heavy (non-hydrogen) atoms. The fourth-order valence-corrected chi connectivity index (χ4v) is 3.49. The van der Waals surface area contributed by atoms with Gasteiger partial charge in [-0.05, 0) is 45.7 Å². The van der Waals surface area contributed by atoms with Gasteiger partial charge in [-0.2, -0.15) is 0 Å². The lowest BCUT2D eigenvalue weighted by atomic mass is 10.2. The number of thiazole rings is 1. The summed E-state index contributed by atoms with van der Waals surface area (Å²) in [6.45, 7) is 2.11. The first-order chi connectivity index (χ1) is 11.2. The van der Waals surface area contributed by atoms with Crippen LogP contribution >= 0.6 is 23.1 Å². The molecule has 1 fully saturated rings. The molecule has 0 saturated carbocycles. The number of hydrogen-bond acceptors (Lipinski definition) is 7. The number of hydroxylamine groups is 1. The minimum Gasteiger partial charge on any atom is -0.285 e. The Kier molecular flexibility index (Phi) is 5.37. The van der Waals surface area contributed by atoms with Crippen LogP contribution < -0.4 is 15.1 Å². The van der Waals surface area contributed by atoms with Gasteiger partial charge in [0.15, 0.2) is 6.20 Å². The number of rotatable bonds is 5. The molecule has 1 N–H and O–H groups in total. The summed E-state index contributed by atoms with van der Waals surface area (Å²) in [5.41, 5.74) is 3.56. The zero-order valence-corrected chi connectivity index (χ0v) is 14.2. The first-order valence-corrected chi connectivity index (χ1v) is 9.16. The van der Waals surface area contributed by atoms with E-state index in [-0.39, 0.29) is 11.2 Å². The summed E-state index contributed by atoms with van der Waals surface area (Å²) >= 11 is 2.73. The number of thioether (sulfide) groups is 1. The smallest absolute Gasteiger partial charge is 0.285 e. The molecule has 2 aliphatic rings. The van der Waals surface area contributed by atoms with Crippen molar-refractivity contribution in [1.29, 1.82) is 0 Å². The zero-order chi connectivity index (χ0) is 16.1. The van der Waals surface area contributed by atoms with Crippen molar-refractivity contribution in [1.82, 2.24) is 5.48 Å². The van der Waals surface area contributed by atoms with Gasteiger partial charge in [0.1, 0.15) is 11.7 Å². The SMILES string of the molecule is CC1C=CC=C(N=Nc2scc[n+]2ONC2CCSC2=O)C=C1. The van der Waals surface area contributed by atoms with Crippen LogP contribution in [-0.2, 0) is 4.79 Å². The number of carbonyl (C=O) groups is 1. The summed E-state index contributed by atoms with van der Waals surface area (Å²) in [7, 11) is 0. The number of carbonyl (C=O) groups excluding carboxylic acids is 1. The molecule has 3 rings (SSSR count). The molecule has 2 unspecified atom stereocenters. The van der Waals surface area contributed by atoms with E-state index in [9.17, 15) is 4.79 Å². The molecule has 0 radical (unpaired) electrons. The van der Waals surface area contributed by atoms with Crippen molar-refractivity contribution in [2.75, 3.05) is 5.75 Å². The second-order valence-corrected chi connectivity index (χ2v) is 7.10. The number of hydrogen-bond donors (Lipinski definition) is 1. The normalized spacial score (nSPS) is 24.2.